The van der Waals surface area contributed by atoms with Gasteiger partial charge >= 0.3 is 7.60 Å². The smallest absolute Gasteiger partial charge is 0.393 e. The van der Waals surface area contributed by atoms with E-state index in [1.54, 1.807) is 31.2 Å². The average molecular weight is 314 g/mol. The van der Waals surface area contributed by atoms with Gasteiger partial charge in [-0.05, 0) is 31.2 Å². The minimum atomic E-state index is -3.19. The number of halogens is 2. The van der Waals surface area contributed by atoms with Crippen molar-refractivity contribution in [2.24, 2.45) is 0 Å². The van der Waals surface area contributed by atoms with E-state index in [2.05, 4.69) is 15.9 Å². The van der Waals surface area contributed by atoms with Gasteiger partial charge in [0.2, 0.25) is 0 Å². The molecule has 0 aliphatic carbocycles. The Labute approximate surface area is 102 Å². The quantitative estimate of drug-likeness (QED) is 0.602. The number of hydrogen-bond acceptors (Lipinski definition) is 3. The van der Waals surface area contributed by atoms with Gasteiger partial charge in [0.05, 0.1) is 6.61 Å². The molecule has 0 bridgehead atoms. The zero-order valence-electron chi connectivity index (χ0n) is 8.15. The first-order chi connectivity index (χ1) is 7.09. The second-order valence-electron chi connectivity index (χ2n) is 2.69. The molecule has 0 saturated heterocycles. The highest BCUT2D eigenvalue weighted by Gasteiger charge is 2.23. The van der Waals surface area contributed by atoms with Gasteiger partial charge in [-0.15, -0.1) is 11.6 Å². The van der Waals surface area contributed by atoms with Gasteiger partial charge in [0, 0.05) is 4.47 Å². The van der Waals surface area contributed by atoms with E-state index < -0.39 is 7.60 Å². The molecule has 1 aromatic carbocycles. The molecule has 1 aromatic rings. The summed E-state index contributed by atoms with van der Waals surface area (Å²) < 4.78 is 23.0. The molecule has 0 fully saturated rings. The van der Waals surface area contributed by atoms with Crippen molar-refractivity contribution >= 4 is 35.1 Å². The van der Waals surface area contributed by atoms with Gasteiger partial charge in [-0.2, -0.15) is 0 Å². The summed E-state index contributed by atoms with van der Waals surface area (Å²) in [4.78, 5) is 0. The molecular formula is C9H11BrClO3P. The maximum absolute atomic E-state index is 11.8. The number of alkyl halides is 1. The first-order valence-corrected chi connectivity index (χ1v) is 7.40. The molecule has 0 aromatic heterocycles. The summed E-state index contributed by atoms with van der Waals surface area (Å²) in [6, 6.07) is 6.98. The van der Waals surface area contributed by atoms with Gasteiger partial charge < -0.3 is 4.52 Å². The lowest BCUT2D eigenvalue weighted by molar-refractivity contribution is 0.283. The number of rotatable bonds is 5. The van der Waals surface area contributed by atoms with E-state index in [1.807, 2.05) is 0 Å². The molecule has 0 amide bonds. The summed E-state index contributed by atoms with van der Waals surface area (Å²) in [6.07, 6.45) is 0. The molecule has 6 heteroatoms. The van der Waals surface area contributed by atoms with Crippen molar-refractivity contribution in [1.82, 2.24) is 0 Å². The Morgan fingerprint density at radius 2 is 2.00 bits per heavy atom. The zero-order valence-corrected chi connectivity index (χ0v) is 11.4. The largest absolute Gasteiger partial charge is 0.424 e. The summed E-state index contributed by atoms with van der Waals surface area (Å²) in [7, 11) is -3.19. The summed E-state index contributed by atoms with van der Waals surface area (Å²) in [5.74, 6) is 0.482. The van der Waals surface area contributed by atoms with Crippen LogP contribution in [0.1, 0.15) is 6.92 Å². The van der Waals surface area contributed by atoms with Crippen LogP contribution >= 0.6 is 35.1 Å². The van der Waals surface area contributed by atoms with Gasteiger partial charge in [-0.25, -0.2) is 4.57 Å². The molecule has 0 aliphatic rings. The van der Waals surface area contributed by atoms with Crippen LogP contribution in [0, 0.1) is 0 Å². The highest BCUT2D eigenvalue weighted by atomic mass is 79.9. The molecule has 0 aliphatic heterocycles. The summed E-state index contributed by atoms with van der Waals surface area (Å²) in [5.41, 5.74) is -0.156. The normalized spacial score (nSPS) is 14.6. The van der Waals surface area contributed by atoms with Crippen molar-refractivity contribution in [1.29, 1.82) is 0 Å². The van der Waals surface area contributed by atoms with Crippen LogP contribution in [0.15, 0.2) is 28.7 Å². The van der Waals surface area contributed by atoms with Gasteiger partial charge in [0.25, 0.3) is 0 Å². The summed E-state index contributed by atoms with van der Waals surface area (Å²) in [5, 5.41) is 0. The van der Waals surface area contributed by atoms with Crippen LogP contribution in [0.2, 0.25) is 0 Å². The number of hydrogen-bond donors (Lipinski definition) is 0. The van der Waals surface area contributed by atoms with Crippen molar-refractivity contribution in [2.45, 2.75) is 6.92 Å². The van der Waals surface area contributed by atoms with E-state index >= 15 is 0 Å². The summed E-state index contributed by atoms with van der Waals surface area (Å²) in [6.45, 7) is 2.05. The molecule has 1 rings (SSSR count). The standard InChI is InChI=1S/C9H11BrClO3P/c1-2-13-15(12,7-11)14-9-5-3-8(10)4-6-9/h3-6H,2,7H2,1H3. The molecule has 3 nitrogen and oxygen atoms in total. The molecule has 1 unspecified atom stereocenters. The van der Waals surface area contributed by atoms with Crippen molar-refractivity contribution < 1.29 is 13.6 Å². The lowest BCUT2D eigenvalue weighted by Crippen LogP contribution is -1.99. The maximum atomic E-state index is 11.8. The second kappa shape index (κ2) is 5.90. The predicted octanol–water partition coefficient (Wildman–Crippen LogP) is 4.25. The molecule has 15 heavy (non-hydrogen) atoms. The zero-order chi connectivity index (χ0) is 11.3. The Balaban J connectivity index is 2.75. The fraction of sp³-hybridized carbons (Fsp3) is 0.333. The Kier molecular flexibility index (Phi) is 5.13. The Morgan fingerprint density at radius 1 is 1.40 bits per heavy atom. The topological polar surface area (TPSA) is 35.5 Å². The van der Waals surface area contributed by atoms with E-state index in [0.717, 1.165) is 4.47 Å². The highest BCUT2D eigenvalue weighted by Crippen LogP contribution is 2.49. The molecule has 0 saturated carbocycles. The molecule has 84 valence electrons. The maximum Gasteiger partial charge on any atom is 0.393 e. The summed E-state index contributed by atoms with van der Waals surface area (Å²) >= 11 is 8.84. The Hall–Kier alpha value is -0.0200. The Bertz CT molecular complexity index is 355. The van der Waals surface area contributed by atoms with Gasteiger partial charge in [0.1, 0.15) is 11.4 Å². The number of benzene rings is 1. The lowest BCUT2D eigenvalue weighted by atomic mass is 10.3. The first-order valence-electron chi connectivity index (χ1n) is 4.34. The van der Waals surface area contributed by atoms with E-state index in [9.17, 15) is 4.57 Å². The third-order valence-corrected chi connectivity index (χ3v) is 4.37. The minimum absolute atomic E-state index is 0.156. The van der Waals surface area contributed by atoms with Crippen LogP contribution < -0.4 is 4.52 Å². The molecule has 0 spiro atoms. The third kappa shape index (κ3) is 4.15. The molecular weight excluding hydrogens is 302 g/mol. The van der Waals surface area contributed by atoms with Crippen molar-refractivity contribution in [3.8, 4) is 5.75 Å². The van der Waals surface area contributed by atoms with Crippen LogP contribution in [0.3, 0.4) is 0 Å². The van der Waals surface area contributed by atoms with Crippen LogP contribution in [0.25, 0.3) is 0 Å². The average Bonchev–Trinajstić information content (AvgIpc) is 2.22. The predicted molar refractivity (Wildman–Crippen MR) is 64.7 cm³/mol. The SMILES string of the molecule is CCOP(=O)(CCl)Oc1ccc(Br)cc1. The van der Waals surface area contributed by atoms with Gasteiger partial charge in [-0.3, -0.25) is 4.52 Å². The van der Waals surface area contributed by atoms with Crippen molar-refractivity contribution in [3.63, 3.8) is 0 Å². The van der Waals surface area contributed by atoms with E-state index in [1.165, 1.54) is 0 Å². The minimum Gasteiger partial charge on any atom is -0.424 e. The fourth-order valence-electron chi connectivity index (χ4n) is 0.938. The molecule has 0 radical (unpaired) electrons. The molecule has 1 atom stereocenters. The molecule has 0 N–H and O–H groups in total. The van der Waals surface area contributed by atoms with Crippen LogP contribution in [-0.4, -0.2) is 12.2 Å². The Morgan fingerprint density at radius 3 is 2.47 bits per heavy atom. The van der Waals surface area contributed by atoms with Crippen molar-refractivity contribution in [2.75, 3.05) is 12.2 Å². The third-order valence-electron chi connectivity index (χ3n) is 1.53. The monoisotopic (exact) mass is 312 g/mol. The van der Waals surface area contributed by atoms with Gasteiger partial charge in [-0.1, -0.05) is 15.9 Å². The van der Waals surface area contributed by atoms with Crippen LogP contribution in [-0.2, 0) is 9.09 Å². The fourth-order valence-corrected chi connectivity index (χ4v) is 2.56. The van der Waals surface area contributed by atoms with Crippen LogP contribution in [0.5, 0.6) is 5.75 Å². The van der Waals surface area contributed by atoms with Crippen LogP contribution in [0.4, 0.5) is 0 Å². The van der Waals surface area contributed by atoms with E-state index in [-0.39, 0.29) is 5.62 Å². The first kappa shape index (κ1) is 13.0. The van der Waals surface area contributed by atoms with E-state index in [0.29, 0.717) is 12.4 Å². The lowest BCUT2D eigenvalue weighted by Gasteiger charge is -2.15. The van der Waals surface area contributed by atoms with Gasteiger partial charge in [0.15, 0.2) is 0 Å². The highest BCUT2D eigenvalue weighted by molar-refractivity contribution is 9.10. The van der Waals surface area contributed by atoms with E-state index in [4.69, 9.17) is 20.6 Å². The second-order valence-corrected chi connectivity index (χ2v) is 6.23. The van der Waals surface area contributed by atoms with Crippen molar-refractivity contribution in [3.05, 3.63) is 28.7 Å². The molecule has 0 heterocycles.